The Bertz CT molecular complexity index is 9.61. The molecular weight excluding hydrogens is 209 g/mol. The fraction of sp³-hybridized carbons (Fsp3) is 1.00. The molecule has 3 heteroatoms. The van der Waals surface area contributed by atoms with Gasteiger partial charge < -0.3 is 0 Å². The van der Waals surface area contributed by atoms with E-state index < -0.39 is 0 Å². The molecule has 1 unspecified atom stereocenters. The maximum Gasteiger partial charge on any atom is 0.187 e. The van der Waals surface area contributed by atoms with E-state index in [0.29, 0.717) is 0 Å². The van der Waals surface area contributed by atoms with Gasteiger partial charge in [-0.3, -0.25) is 0 Å². The van der Waals surface area contributed by atoms with Crippen molar-refractivity contribution in [1.29, 1.82) is 0 Å². The zero-order chi connectivity index (χ0) is 2.71. The molecule has 0 aliphatic heterocycles. The maximum absolute atomic E-state index is 2.58. The summed E-state index contributed by atoms with van der Waals surface area (Å²) in [6.07, 6.45) is 1.17. The first-order chi connectivity index (χ1) is 1.41. The highest BCUT2D eigenvalue weighted by molar-refractivity contribution is 14.0. The maximum atomic E-state index is 2.58. The van der Waals surface area contributed by atoms with E-state index in [2.05, 4.69) is 16.2 Å². The Balaban J connectivity index is -0.0000000200. The Morgan fingerprint density at radius 3 is 1.60 bits per heavy atom. The molecule has 0 fully saturated rings. The molecule has 0 radical (unpaired) electrons. The van der Waals surface area contributed by atoms with Crippen molar-refractivity contribution in [1.82, 2.24) is 0 Å². The molecule has 0 nitrogen and oxygen atoms in total. The standard InChI is InChI=1S/C2H7P.Al.HI.3H/c1-2-3;;;;;/h2-3H2,1H3;;1H;;;. The van der Waals surface area contributed by atoms with Gasteiger partial charge in [-0.1, -0.05) is 6.92 Å². The molecule has 0 aromatic rings. The second kappa shape index (κ2) is 17.3. The third kappa shape index (κ3) is 27.1. The van der Waals surface area contributed by atoms with Crippen LogP contribution in [0.3, 0.4) is 0 Å². The smallest absolute Gasteiger partial charge is 0.138 e. The van der Waals surface area contributed by atoms with E-state index in [9.17, 15) is 0 Å². The van der Waals surface area contributed by atoms with Crippen molar-refractivity contribution in [2.45, 2.75) is 6.92 Å². The SMILES string of the molecule is CCP.I.[AlH3]. The molecule has 0 saturated heterocycles. The molecule has 0 bridgehead atoms. The molecule has 5 heavy (non-hydrogen) atoms. The molecule has 0 saturated carbocycles. The van der Waals surface area contributed by atoms with Gasteiger partial charge in [0, 0.05) is 0 Å². The molecular formula is C2H11AlIP. The minimum Gasteiger partial charge on any atom is -0.138 e. The van der Waals surface area contributed by atoms with Crippen molar-refractivity contribution in [3.63, 3.8) is 0 Å². The summed E-state index contributed by atoms with van der Waals surface area (Å²) in [5.41, 5.74) is 0. The highest BCUT2D eigenvalue weighted by atomic mass is 127. The summed E-state index contributed by atoms with van der Waals surface area (Å²) in [6, 6.07) is 0. The van der Waals surface area contributed by atoms with Crippen LogP contribution < -0.4 is 0 Å². The van der Waals surface area contributed by atoms with E-state index in [1.54, 1.807) is 0 Å². The second-order valence-corrected chi connectivity index (χ2v) is 1.22. The number of halogens is 1. The first kappa shape index (κ1) is 15.9. The van der Waals surface area contributed by atoms with Gasteiger partial charge in [0.15, 0.2) is 17.4 Å². The largest absolute Gasteiger partial charge is 0.187 e. The van der Waals surface area contributed by atoms with Gasteiger partial charge in [0.2, 0.25) is 0 Å². The average molecular weight is 220 g/mol. The van der Waals surface area contributed by atoms with Gasteiger partial charge in [-0.25, -0.2) is 0 Å². The quantitative estimate of drug-likeness (QED) is 0.313. The van der Waals surface area contributed by atoms with Crippen LogP contribution in [-0.4, -0.2) is 23.5 Å². The van der Waals surface area contributed by atoms with E-state index in [0.717, 1.165) is 0 Å². The van der Waals surface area contributed by atoms with E-state index in [1.165, 1.54) is 6.16 Å². The van der Waals surface area contributed by atoms with Crippen LogP contribution in [0.25, 0.3) is 0 Å². The Hall–Kier alpha value is 1.69. The van der Waals surface area contributed by atoms with Crippen molar-refractivity contribution >= 4 is 50.6 Å². The second-order valence-electron chi connectivity index (χ2n) is 0.408. The van der Waals surface area contributed by atoms with Crippen molar-refractivity contribution < 1.29 is 0 Å². The number of hydrogen-bond acceptors (Lipinski definition) is 0. The van der Waals surface area contributed by atoms with Crippen LogP contribution in [0.1, 0.15) is 6.92 Å². The van der Waals surface area contributed by atoms with Crippen LogP contribution in [0.4, 0.5) is 0 Å². The lowest BCUT2D eigenvalue weighted by Crippen LogP contribution is -1.33. The van der Waals surface area contributed by atoms with Gasteiger partial charge in [-0.05, 0) is 6.16 Å². The highest BCUT2D eigenvalue weighted by Crippen LogP contribution is 1.68. The van der Waals surface area contributed by atoms with E-state index in [1.807, 2.05) is 0 Å². The predicted octanol–water partition coefficient (Wildman–Crippen LogP) is 0.315. The van der Waals surface area contributed by atoms with E-state index in [-0.39, 0.29) is 41.3 Å². The Kier molecular flexibility index (Phi) is 55.0. The lowest BCUT2D eigenvalue weighted by atomic mass is 11.0. The minimum absolute atomic E-state index is 0. The lowest BCUT2D eigenvalue weighted by molar-refractivity contribution is 1.53. The van der Waals surface area contributed by atoms with Gasteiger partial charge in [-0.15, -0.1) is 33.2 Å². The number of hydrogen-bond donors (Lipinski definition) is 0. The summed E-state index contributed by atoms with van der Waals surface area (Å²) in [4.78, 5) is 0. The summed E-state index contributed by atoms with van der Waals surface area (Å²) < 4.78 is 0. The summed E-state index contributed by atoms with van der Waals surface area (Å²) >= 11 is 0. The molecule has 0 N–H and O–H groups in total. The molecule has 0 aromatic heterocycles. The van der Waals surface area contributed by atoms with E-state index >= 15 is 0 Å². The average Bonchev–Trinajstić information content (AvgIpc) is 0.918. The summed E-state index contributed by atoms with van der Waals surface area (Å²) in [5, 5.41) is 0. The molecule has 0 aromatic carbocycles. The van der Waals surface area contributed by atoms with Crippen LogP contribution in [0, 0.1) is 0 Å². The summed E-state index contributed by atoms with van der Waals surface area (Å²) in [7, 11) is 2.58. The van der Waals surface area contributed by atoms with Gasteiger partial charge in [0.05, 0.1) is 0 Å². The van der Waals surface area contributed by atoms with Crippen LogP contribution in [-0.2, 0) is 0 Å². The molecule has 0 aliphatic rings. The first-order valence-electron chi connectivity index (χ1n) is 1.12. The van der Waals surface area contributed by atoms with Crippen LogP contribution in [0.5, 0.6) is 0 Å². The molecule has 0 rings (SSSR count). The van der Waals surface area contributed by atoms with Gasteiger partial charge in [0.25, 0.3) is 0 Å². The third-order valence-corrected chi connectivity index (χ3v) is 0. The zero-order valence-electron chi connectivity index (χ0n) is 2.69. The van der Waals surface area contributed by atoms with Crippen molar-refractivity contribution in [3.05, 3.63) is 0 Å². The van der Waals surface area contributed by atoms with Crippen molar-refractivity contribution in [3.8, 4) is 0 Å². The summed E-state index contributed by atoms with van der Waals surface area (Å²) in [6.45, 7) is 2.09. The first-order valence-corrected chi connectivity index (χ1v) is 1.93. The molecule has 0 spiro atoms. The minimum atomic E-state index is 0. The molecule has 1 atom stereocenters. The third-order valence-electron chi connectivity index (χ3n) is 0. The van der Waals surface area contributed by atoms with Crippen molar-refractivity contribution in [2.75, 3.05) is 6.16 Å². The fourth-order valence-electron chi connectivity index (χ4n) is 0. The Morgan fingerprint density at radius 2 is 1.60 bits per heavy atom. The fourth-order valence-corrected chi connectivity index (χ4v) is 0. The highest BCUT2D eigenvalue weighted by Gasteiger charge is 1.35. The van der Waals surface area contributed by atoms with Crippen LogP contribution >= 0.6 is 33.2 Å². The zero-order valence-corrected chi connectivity index (χ0v) is 6.18. The predicted molar refractivity (Wildman–Crippen MR) is 45.6 cm³/mol. The molecule has 0 amide bonds. The molecule has 34 valence electrons. The Labute approximate surface area is 63.5 Å². The number of rotatable bonds is 0. The van der Waals surface area contributed by atoms with Crippen LogP contribution in [0.2, 0.25) is 0 Å². The van der Waals surface area contributed by atoms with Gasteiger partial charge in [-0.2, -0.15) is 0 Å². The normalized spacial score (nSPS) is 3.60. The van der Waals surface area contributed by atoms with E-state index in [4.69, 9.17) is 0 Å². The molecule has 0 aliphatic carbocycles. The van der Waals surface area contributed by atoms with Crippen LogP contribution in [0.15, 0.2) is 0 Å². The topological polar surface area (TPSA) is 0 Å². The molecule has 0 heterocycles. The van der Waals surface area contributed by atoms with Gasteiger partial charge in [0.1, 0.15) is 0 Å². The van der Waals surface area contributed by atoms with Gasteiger partial charge >= 0.3 is 0 Å². The lowest BCUT2D eigenvalue weighted by Gasteiger charge is -1.48. The Morgan fingerprint density at radius 1 is 1.60 bits per heavy atom. The van der Waals surface area contributed by atoms with Crippen molar-refractivity contribution in [2.24, 2.45) is 0 Å². The summed E-state index contributed by atoms with van der Waals surface area (Å²) in [5.74, 6) is 0. The monoisotopic (exact) mass is 220 g/mol.